The van der Waals surface area contributed by atoms with Crippen LogP contribution in [0.5, 0.6) is 5.75 Å². The minimum absolute atomic E-state index is 0.160. The summed E-state index contributed by atoms with van der Waals surface area (Å²) in [6.45, 7) is 4.11. The number of carbonyl (C=O) groups excluding carboxylic acids is 1. The fourth-order valence-corrected chi connectivity index (χ4v) is 1.86. The molecule has 4 nitrogen and oxygen atoms in total. The molecule has 0 amide bonds. The van der Waals surface area contributed by atoms with Crippen LogP contribution >= 0.6 is 0 Å². The van der Waals surface area contributed by atoms with Crippen LogP contribution in [-0.4, -0.2) is 23.3 Å². The van der Waals surface area contributed by atoms with Crippen LogP contribution in [0.3, 0.4) is 0 Å². The molecule has 1 heterocycles. The van der Waals surface area contributed by atoms with E-state index < -0.39 is 0 Å². The maximum absolute atomic E-state index is 12.1. The Bertz CT molecular complexity index is 477. The Kier molecular flexibility index (Phi) is 2.64. The van der Waals surface area contributed by atoms with Gasteiger partial charge in [0.25, 0.3) is 0 Å². The summed E-state index contributed by atoms with van der Waals surface area (Å²) in [5.41, 5.74) is 2.44. The third-order valence-corrected chi connectivity index (χ3v) is 2.76. The van der Waals surface area contributed by atoms with E-state index in [1.807, 2.05) is 26.0 Å². The summed E-state index contributed by atoms with van der Waals surface area (Å²) in [4.78, 5) is 12.1. The molecule has 0 bridgehead atoms. The molecule has 0 radical (unpaired) electrons. The standard InChI is InChI=1S/C12H13NO3/c1-7-3-4-8(2)12-10(7)11(14)9(13-15)5-6-16-12/h3-4,15H,5-6H2,1-2H3/b13-9-. The highest BCUT2D eigenvalue weighted by molar-refractivity contribution is 6.47. The van der Waals surface area contributed by atoms with E-state index >= 15 is 0 Å². The van der Waals surface area contributed by atoms with E-state index in [9.17, 15) is 4.79 Å². The molecule has 1 aromatic rings. The Hall–Kier alpha value is -1.84. The van der Waals surface area contributed by atoms with Crippen LogP contribution in [0.25, 0.3) is 0 Å². The Morgan fingerprint density at radius 2 is 2.00 bits per heavy atom. The molecule has 4 heteroatoms. The molecule has 0 aromatic heterocycles. The third-order valence-electron chi connectivity index (χ3n) is 2.76. The van der Waals surface area contributed by atoms with E-state index in [2.05, 4.69) is 5.16 Å². The van der Waals surface area contributed by atoms with Gasteiger partial charge in [0.2, 0.25) is 5.78 Å². The van der Waals surface area contributed by atoms with Crippen molar-refractivity contribution in [2.75, 3.05) is 6.61 Å². The molecule has 1 aromatic carbocycles. The van der Waals surface area contributed by atoms with Gasteiger partial charge in [-0.3, -0.25) is 4.79 Å². The number of ether oxygens (including phenoxy) is 1. The van der Waals surface area contributed by atoms with Gasteiger partial charge in [-0.1, -0.05) is 17.3 Å². The number of benzene rings is 1. The van der Waals surface area contributed by atoms with Gasteiger partial charge in [0.1, 0.15) is 11.5 Å². The van der Waals surface area contributed by atoms with Gasteiger partial charge < -0.3 is 9.94 Å². The van der Waals surface area contributed by atoms with Crippen molar-refractivity contribution < 1.29 is 14.7 Å². The molecular formula is C12H13NO3. The number of nitrogens with zero attached hydrogens (tertiary/aromatic N) is 1. The Morgan fingerprint density at radius 3 is 2.69 bits per heavy atom. The fourth-order valence-electron chi connectivity index (χ4n) is 1.86. The number of aryl methyl sites for hydroxylation is 2. The number of fused-ring (bicyclic) bond motifs is 1. The van der Waals surface area contributed by atoms with Crippen molar-refractivity contribution in [3.8, 4) is 5.75 Å². The van der Waals surface area contributed by atoms with Crippen molar-refractivity contribution in [2.45, 2.75) is 20.3 Å². The molecule has 0 unspecified atom stereocenters. The molecule has 84 valence electrons. The Morgan fingerprint density at radius 1 is 1.31 bits per heavy atom. The second-order valence-electron chi connectivity index (χ2n) is 3.88. The first-order chi connectivity index (χ1) is 7.65. The molecule has 0 fully saturated rings. The zero-order valence-electron chi connectivity index (χ0n) is 9.28. The zero-order valence-corrected chi connectivity index (χ0v) is 9.28. The minimum Gasteiger partial charge on any atom is -0.492 e. The Labute approximate surface area is 93.5 Å². The molecule has 0 saturated heterocycles. The van der Waals surface area contributed by atoms with Gasteiger partial charge in [-0.05, 0) is 25.0 Å². The molecule has 1 aliphatic rings. The number of Topliss-reactive ketones (excluding diaryl/α,β-unsaturated/α-hetero) is 1. The van der Waals surface area contributed by atoms with Crippen LogP contribution in [0.15, 0.2) is 17.3 Å². The quantitative estimate of drug-likeness (QED) is 0.537. The minimum atomic E-state index is -0.240. The zero-order chi connectivity index (χ0) is 11.7. The smallest absolute Gasteiger partial charge is 0.214 e. The van der Waals surface area contributed by atoms with Gasteiger partial charge in [-0.2, -0.15) is 0 Å². The van der Waals surface area contributed by atoms with E-state index in [4.69, 9.17) is 9.94 Å². The molecule has 2 rings (SSSR count). The number of carbonyl (C=O) groups is 1. The average molecular weight is 219 g/mol. The SMILES string of the molecule is Cc1ccc(C)c2c1OCC/C(=N/O)C2=O. The number of hydrogen-bond donors (Lipinski definition) is 1. The monoisotopic (exact) mass is 219 g/mol. The van der Waals surface area contributed by atoms with Gasteiger partial charge in [0.05, 0.1) is 12.2 Å². The number of rotatable bonds is 0. The van der Waals surface area contributed by atoms with Crippen LogP contribution in [0, 0.1) is 13.8 Å². The topological polar surface area (TPSA) is 58.9 Å². The first kappa shape index (κ1) is 10.7. The molecule has 1 N–H and O–H groups in total. The molecule has 0 aliphatic carbocycles. The summed E-state index contributed by atoms with van der Waals surface area (Å²) in [5, 5.41) is 11.8. The lowest BCUT2D eigenvalue weighted by Gasteiger charge is -2.11. The van der Waals surface area contributed by atoms with Crippen molar-refractivity contribution >= 4 is 11.5 Å². The first-order valence-corrected chi connectivity index (χ1v) is 5.13. The number of ketones is 1. The third kappa shape index (κ3) is 1.56. The van der Waals surface area contributed by atoms with Gasteiger partial charge in [-0.15, -0.1) is 0 Å². The molecule has 16 heavy (non-hydrogen) atoms. The highest BCUT2D eigenvalue weighted by Gasteiger charge is 2.25. The summed E-state index contributed by atoms with van der Waals surface area (Å²) >= 11 is 0. The van der Waals surface area contributed by atoms with Crippen LogP contribution in [0.2, 0.25) is 0 Å². The van der Waals surface area contributed by atoms with Crippen molar-refractivity contribution in [3.05, 3.63) is 28.8 Å². The maximum atomic E-state index is 12.1. The van der Waals surface area contributed by atoms with Crippen molar-refractivity contribution in [1.29, 1.82) is 0 Å². The van der Waals surface area contributed by atoms with E-state index in [1.165, 1.54) is 0 Å². The lowest BCUT2D eigenvalue weighted by atomic mass is 9.98. The van der Waals surface area contributed by atoms with Crippen molar-refractivity contribution in [1.82, 2.24) is 0 Å². The van der Waals surface area contributed by atoms with Gasteiger partial charge in [0.15, 0.2) is 0 Å². The largest absolute Gasteiger partial charge is 0.492 e. The number of oxime groups is 1. The lowest BCUT2D eigenvalue weighted by Crippen LogP contribution is -2.14. The molecule has 0 saturated carbocycles. The normalized spacial score (nSPS) is 17.9. The fraction of sp³-hybridized carbons (Fsp3) is 0.333. The Balaban J connectivity index is 2.66. The van der Waals surface area contributed by atoms with Crippen molar-refractivity contribution in [3.63, 3.8) is 0 Å². The number of hydrogen-bond acceptors (Lipinski definition) is 4. The van der Waals surface area contributed by atoms with E-state index in [0.29, 0.717) is 24.3 Å². The average Bonchev–Trinajstić information content (AvgIpc) is 2.44. The first-order valence-electron chi connectivity index (χ1n) is 5.13. The second-order valence-corrected chi connectivity index (χ2v) is 3.88. The molecule has 0 atom stereocenters. The maximum Gasteiger partial charge on any atom is 0.214 e. The van der Waals surface area contributed by atoms with Gasteiger partial charge >= 0.3 is 0 Å². The van der Waals surface area contributed by atoms with Gasteiger partial charge in [0, 0.05) is 6.42 Å². The van der Waals surface area contributed by atoms with Crippen LogP contribution in [-0.2, 0) is 0 Å². The highest BCUT2D eigenvalue weighted by Crippen LogP contribution is 2.29. The predicted molar refractivity (Wildman–Crippen MR) is 59.6 cm³/mol. The van der Waals surface area contributed by atoms with Gasteiger partial charge in [-0.25, -0.2) is 0 Å². The van der Waals surface area contributed by atoms with Crippen LogP contribution < -0.4 is 4.74 Å². The predicted octanol–water partition coefficient (Wildman–Crippen LogP) is 2.10. The summed E-state index contributed by atoms with van der Waals surface area (Å²) in [6, 6.07) is 3.79. The summed E-state index contributed by atoms with van der Waals surface area (Å²) in [7, 11) is 0. The lowest BCUT2D eigenvalue weighted by molar-refractivity contribution is 0.105. The highest BCUT2D eigenvalue weighted by atomic mass is 16.5. The molecular weight excluding hydrogens is 206 g/mol. The van der Waals surface area contributed by atoms with Crippen LogP contribution in [0.4, 0.5) is 0 Å². The van der Waals surface area contributed by atoms with Crippen molar-refractivity contribution in [2.24, 2.45) is 5.16 Å². The second kappa shape index (κ2) is 3.96. The molecule has 1 aliphatic heterocycles. The summed E-state index contributed by atoms with van der Waals surface area (Å²) < 4.78 is 5.55. The van der Waals surface area contributed by atoms with E-state index in [0.717, 1.165) is 11.1 Å². The summed E-state index contributed by atoms with van der Waals surface area (Å²) in [5.74, 6) is 0.375. The summed E-state index contributed by atoms with van der Waals surface area (Å²) in [6.07, 6.45) is 0.336. The molecule has 0 spiro atoms. The van der Waals surface area contributed by atoms with Crippen LogP contribution in [0.1, 0.15) is 27.9 Å². The van der Waals surface area contributed by atoms with E-state index in [1.54, 1.807) is 0 Å². The van der Waals surface area contributed by atoms with E-state index in [-0.39, 0.29) is 11.5 Å².